The Hall–Kier alpha value is -5.62. The first-order valence-electron chi connectivity index (χ1n) is 12.9. The summed E-state index contributed by atoms with van der Waals surface area (Å²) in [7, 11) is 0. The summed E-state index contributed by atoms with van der Waals surface area (Å²) in [5.41, 5.74) is 6.35. The van der Waals surface area contributed by atoms with Crippen molar-refractivity contribution in [3.63, 3.8) is 0 Å². The Morgan fingerprint density at radius 3 is 1.25 bits per heavy atom. The fourth-order valence-electron chi connectivity index (χ4n) is 5.47. The third kappa shape index (κ3) is 3.43. The molecule has 190 valence electrons. The molecule has 0 aliphatic heterocycles. The molecule has 0 fully saturated rings. The molecule has 6 heteroatoms. The summed E-state index contributed by atoms with van der Waals surface area (Å²) in [6, 6.07) is 30.9. The van der Waals surface area contributed by atoms with Gasteiger partial charge in [-0.3, -0.25) is 0 Å². The van der Waals surface area contributed by atoms with E-state index in [-0.39, 0.29) is 11.5 Å². The number of aromatic hydroxyl groups is 2. The topological polar surface area (TPSA) is 74.5 Å². The number of furan rings is 2. The van der Waals surface area contributed by atoms with Crippen molar-refractivity contribution in [2.45, 2.75) is 0 Å². The van der Waals surface area contributed by atoms with Crippen LogP contribution in [0.3, 0.4) is 0 Å². The summed E-state index contributed by atoms with van der Waals surface area (Å²) in [6.07, 6.45) is 7.67. The molecule has 0 spiro atoms. The number of pyridine rings is 2. The second-order valence-corrected chi connectivity index (χ2v) is 9.86. The normalized spacial score (nSPS) is 11.7. The molecule has 4 aromatic heterocycles. The first kappa shape index (κ1) is 22.4. The predicted octanol–water partition coefficient (Wildman–Crippen LogP) is 7.12. The zero-order valence-corrected chi connectivity index (χ0v) is 21.2. The van der Waals surface area contributed by atoms with Crippen molar-refractivity contribution in [3.8, 4) is 34.0 Å². The van der Waals surface area contributed by atoms with E-state index in [0.717, 1.165) is 55.0 Å². The van der Waals surface area contributed by atoms with E-state index >= 15 is 0 Å². The molecule has 0 radical (unpaired) electrons. The van der Waals surface area contributed by atoms with Crippen LogP contribution in [0.4, 0.5) is 0 Å². The van der Waals surface area contributed by atoms with Crippen LogP contribution in [0.5, 0.6) is 11.5 Å². The molecule has 0 saturated carbocycles. The van der Waals surface area contributed by atoms with Gasteiger partial charge in [0.25, 0.3) is 11.4 Å². The fourth-order valence-corrected chi connectivity index (χ4v) is 5.47. The Morgan fingerprint density at radius 2 is 0.825 bits per heavy atom. The minimum Gasteiger partial charge on any atom is -0.502 e. The number of para-hydroxylation sites is 2. The van der Waals surface area contributed by atoms with Gasteiger partial charge in [-0.25, -0.2) is 0 Å². The van der Waals surface area contributed by atoms with Crippen molar-refractivity contribution in [1.29, 1.82) is 0 Å². The zero-order chi connectivity index (χ0) is 26.8. The summed E-state index contributed by atoms with van der Waals surface area (Å²) < 4.78 is 15.8. The highest BCUT2D eigenvalue weighted by atomic mass is 16.3. The lowest BCUT2D eigenvalue weighted by Crippen LogP contribution is -2.30. The third-order valence-corrected chi connectivity index (χ3v) is 7.50. The lowest BCUT2D eigenvalue weighted by molar-refractivity contribution is -0.596. The van der Waals surface area contributed by atoms with Gasteiger partial charge in [-0.05, 0) is 35.4 Å². The lowest BCUT2D eigenvalue weighted by Gasteiger charge is -2.03. The zero-order valence-electron chi connectivity index (χ0n) is 21.2. The van der Waals surface area contributed by atoms with Gasteiger partial charge in [0.2, 0.25) is 0 Å². The largest absolute Gasteiger partial charge is 0.502 e. The molecule has 4 heterocycles. The first-order chi connectivity index (χ1) is 19.6. The molecule has 2 N–H and O–H groups in total. The number of rotatable bonds is 3. The maximum Gasteiger partial charge on any atom is 0.256 e. The Bertz CT molecular complexity index is 2070. The van der Waals surface area contributed by atoms with E-state index in [0.29, 0.717) is 11.4 Å². The van der Waals surface area contributed by atoms with Crippen molar-refractivity contribution < 1.29 is 28.2 Å². The monoisotopic (exact) mass is 522 g/mol. The van der Waals surface area contributed by atoms with Gasteiger partial charge in [0.15, 0.2) is 36.3 Å². The van der Waals surface area contributed by atoms with Gasteiger partial charge < -0.3 is 19.0 Å². The third-order valence-electron chi connectivity index (χ3n) is 7.50. The predicted molar refractivity (Wildman–Crippen MR) is 153 cm³/mol. The highest BCUT2D eigenvalue weighted by Crippen LogP contribution is 2.35. The summed E-state index contributed by atoms with van der Waals surface area (Å²) in [4.78, 5) is 0. The van der Waals surface area contributed by atoms with E-state index in [4.69, 9.17) is 8.83 Å². The summed E-state index contributed by atoms with van der Waals surface area (Å²) >= 11 is 0. The van der Waals surface area contributed by atoms with Crippen LogP contribution >= 0.6 is 0 Å². The maximum atomic E-state index is 10.8. The summed E-state index contributed by atoms with van der Waals surface area (Å²) in [5, 5.41) is 25.3. The van der Waals surface area contributed by atoms with Crippen molar-refractivity contribution in [3.05, 3.63) is 122 Å². The van der Waals surface area contributed by atoms with Gasteiger partial charge in [0.1, 0.15) is 22.3 Å². The van der Waals surface area contributed by atoms with Crippen molar-refractivity contribution in [2.75, 3.05) is 0 Å². The number of phenolic OH excluding ortho intramolecular Hbond substituents is 2. The molecule has 40 heavy (non-hydrogen) atoms. The van der Waals surface area contributed by atoms with Gasteiger partial charge in [0, 0.05) is 45.8 Å². The van der Waals surface area contributed by atoms with Crippen LogP contribution in [0, 0.1) is 0 Å². The number of benzene rings is 4. The molecular weight excluding hydrogens is 500 g/mol. The van der Waals surface area contributed by atoms with Crippen LogP contribution in [0.2, 0.25) is 0 Å². The number of fused-ring (bicyclic) bond motifs is 6. The molecule has 8 aromatic rings. The average Bonchev–Trinajstić information content (AvgIpc) is 3.54. The van der Waals surface area contributed by atoms with Crippen LogP contribution < -0.4 is 9.13 Å². The number of phenols is 2. The minimum absolute atomic E-state index is 0.179. The molecule has 6 nitrogen and oxygen atoms in total. The molecule has 0 aliphatic rings. The van der Waals surface area contributed by atoms with E-state index in [2.05, 4.69) is 0 Å². The molecule has 0 amide bonds. The molecular formula is C34H22N2O4+2. The molecule has 0 aliphatic carbocycles. The van der Waals surface area contributed by atoms with Gasteiger partial charge in [-0.15, -0.1) is 0 Å². The number of hydrogen-bond donors (Lipinski definition) is 2. The lowest BCUT2D eigenvalue weighted by atomic mass is 10.1. The Labute approximate surface area is 227 Å². The van der Waals surface area contributed by atoms with Gasteiger partial charge in [0.05, 0.1) is 12.1 Å². The van der Waals surface area contributed by atoms with E-state index in [1.165, 1.54) is 0 Å². The van der Waals surface area contributed by atoms with E-state index < -0.39 is 0 Å². The standard InChI is InChI=1S/C34H20N2O4/c37-29-17-25-23-5-1-3-7-31(23)39-33(25)19-27(29)35-13-9-21(10-14-35)22-11-15-36(16-12-22)28-20-34-26(18-30(28)38)24-6-2-4-8-32(24)40-34/h1-20H/p+2. The molecule has 0 atom stereocenters. The molecule has 8 rings (SSSR count). The quantitative estimate of drug-likeness (QED) is 0.242. The Morgan fingerprint density at radius 1 is 0.425 bits per heavy atom. The van der Waals surface area contributed by atoms with E-state index in [1.54, 1.807) is 12.1 Å². The first-order valence-corrected chi connectivity index (χ1v) is 12.9. The summed E-state index contributed by atoms with van der Waals surface area (Å²) in [6.45, 7) is 0. The van der Waals surface area contributed by atoms with Crippen LogP contribution in [-0.4, -0.2) is 10.2 Å². The van der Waals surface area contributed by atoms with Crippen molar-refractivity contribution in [1.82, 2.24) is 0 Å². The maximum absolute atomic E-state index is 10.8. The average molecular weight is 523 g/mol. The number of aromatic nitrogens is 2. The van der Waals surface area contributed by atoms with Crippen LogP contribution in [0.15, 0.2) is 131 Å². The van der Waals surface area contributed by atoms with E-state index in [1.807, 2.05) is 119 Å². The highest BCUT2D eigenvalue weighted by Gasteiger charge is 2.20. The fraction of sp³-hybridized carbons (Fsp3) is 0. The van der Waals surface area contributed by atoms with Gasteiger partial charge in [-0.1, -0.05) is 36.4 Å². The van der Waals surface area contributed by atoms with Gasteiger partial charge >= 0.3 is 0 Å². The molecule has 0 unspecified atom stereocenters. The highest BCUT2D eigenvalue weighted by molar-refractivity contribution is 6.06. The van der Waals surface area contributed by atoms with Crippen molar-refractivity contribution in [2.24, 2.45) is 0 Å². The van der Waals surface area contributed by atoms with Gasteiger partial charge in [-0.2, -0.15) is 9.13 Å². The van der Waals surface area contributed by atoms with Crippen LogP contribution in [0.1, 0.15) is 0 Å². The molecule has 0 bridgehead atoms. The molecule has 0 saturated heterocycles. The Balaban J connectivity index is 1.11. The smallest absolute Gasteiger partial charge is 0.256 e. The number of nitrogens with zero attached hydrogens (tertiary/aromatic N) is 2. The second kappa shape index (κ2) is 8.44. The van der Waals surface area contributed by atoms with E-state index in [9.17, 15) is 10.2 Å². The minimum atomic E-state index is 0.179. The SMILES string of the molecule is Oc1cc2c(cc1-[n+]1ccc(-c3cc[n+](-c4cc5oc6ccccc6c5cc4O)cc3)cc1)oc1ccccc12. The summed E-state index contributed by atoms with van der Waals surface area (Å²) in [5.74, 6) is 0.359. The van der Waals surface area contributed by atoms with Crippen LogP contribution in [-0.2, 0) is 0 Å². The van der Waals surface area contributed by atoms with Crippen molar-refractivity contribution >= 4 is 43.9 Å². The second-order valence-electron chi connectivity index (χ2n) is 9.86. The Kier molecular flexibility index (Phi) is 4.72. The molecule has 4 aromatic carbocycles. The number of hydrogen-bond acceptors (Lipinski definition) is 4. The van der Waals surface area contributed by atoms with Crippen LogP contribution in [0.25, 0.3) is 66.4 Å².